The van der Waals surface area contributed by atoms with Crippen LogP contribution in [0.4, 0.5) is 11.5 Å². The van der Waals surface area contributed by atoms with Crippen LogP contribution in [0.15, 0.2) is 72.8 Å². The maximum atomic E-state index is 5.34. The minimum Gasteiger partial charge on any atom is -0.497 e. The molecule has 30 heavy (non-hydrogen) atoms. The third kappa shape index (κ3) is 3.06. The smallest absolute Gasteiger partial charge is 0.186 e. The standard InChI is InChI=1S/C23H19N5O2/c1-29-17-12-10-15(11-13-17)22-25-26-23-20-9-4-3-8-19(20)21(27-28(22)23)24-16-6-5-7-18(14-16)30-2/h3-14H,1-2H3,(H,24,27). The minimum atomic E-state index is 0.659. The van der Waals surface area contributed by atoms with Crippen molar-refractivity contribution >= 4 is 27.9 Å². The third-order valence-corrected chi connectivity index (χ3v) is 4.94. The number of anilines is 2. The second-order valence-corrected chi connectivity index (χ2v) is 6.74. The maximum absolute atomic E-state index is 5.34. The van der Waals surface area contributed by atoms with E-state index < -0.39 is 0 Å². The second kappa shape index (κ2) is 7.36. The lowest BCUT2D eigenvalue weighted by Gasteiger charge is -2.11. The van der Waals surface area contributed by atoms with Crippen LogP contribution in [0.5, 0.6) is 11.5 Å². The van der Waals surface area contributed by atoms with Crippen LogP contribution < -0.4 is 14.8 Å². The van der Waals surface area contributed by atoms with Crippen molar-refractivity contribution in [1.82, 2.24) is 19.8 Å². The molecule has 7 heteroatoms. The Kier molecular flexibility index (Phi) is 4.40. The number of methoxy groups -OCH3 is 2. The zero-order valence-electron chi connectivity index (χ0n) is 16.5. The van der Waals surface area contributed by atoms with Crippen LogP contribution in [0.2, 0.25) is 0 Å². The average molecular weight is 397 g/mol. The molecule has 0 amide bonds. The van der Waals surface area contributed by atoms with Crippen LogP contribution in [0.25, 0.3) is 27.8 Å². The molecule has 0 radical (unpaired) electrons. The second-order valence-electron chi connectivity index (χ2n) is 6.74. The minimum absolute atomic E-state index is 0.659. The summed E-state index contributed by atoms with van der Waals surface area (Å²) >= 11 is 0. The van der Waals surface area contributed by atoms with E-state index in [-0.39, 0.29) is 0 Å². The Hall–Kier alpha value is -4.13. The fraction of sp³-hybridized carbons (Fsp3) is 0.0870. The number of nitrogens with zero attached hydrogens (tertiary/aromatic N) is 4. The summed E-state index contributed by atoms with van der Waals surface area (Å²) in [5.41, 5.74) is 2.48. The first kappa shape index (κ1) is 17.9. The molecule has 0 unspecified atom stereocenters. The largest absolute Gasteiger partial charge is 0.497 e. The molecule has 0 aliphatic heterocycles. The van der Waals surface area contributed by atoms with Crippen LogP contribution >= 0.6 is 0 Å². The lowest BCUT2D eigenvalue weighted by molar-refractivity contribution is 0.415. The van der Waals surface area contributed by atoms with Crippen molar-refractivity contribution in [3.8, 4) is 22.9 Å². The number of aromatic nitrogens is 4. The van der Waals surface area contributed by atoms with Crippen LogP contribution in [0.3, 0.4) is 0 Å². The van der Waals surface area contributed by atoms with Crippen molar-refractivity contribution in [3.63, 3.8) is 0 Å². The van der Waals surface area contributed by atoms with Gasteiger partial charge in [-0.05, 0) is 36.4 Å². The highest BCUT2D eigenvalue weighted by Crippen LogP contribution is 2.30. The van der Waals surface area contributed by atoms with E-state index in [1.165, 1.54) is 0 Å². The third-order valence-electron chi connectivity index (χ3n) is 4.94. The molecule has 0 aliphatic rings. The van der Waals surface area contributed by atoms with E-state index >= 15 is 0 Å². The fourth-order valence-electron chi connectivity index (χ4n) is 3.43. The molecular weight excluding hydrogens is 378 g/mol. The number of benzene rings is 3. The number of hydrogen-bond donors (Lipinski definition) is 1. The van der Waals surface area contributed by atoms with Gasteiger partial charge >= 0.3 is 0 Å². The SMILES string of the molecule is COc1ccc(-c2nnc3c4ccccc4c(Nc4cccc(OC)c4)nn23)cc1. The van der Waals surface area contributed by atoms with Gasteiger partial charge in [-0.25, -0.2) is 0 Å². The zero-order valence-corrected chi connectivity index (χ0v) is 16.5. The van der Waals surface area contributed by atoms with Gasteiger partial charge in [-0.3, -0.25) is 0 Å². The number of hydrogen-bond acceptors (Lipinski definition) is 6. The highest BCUT2D eigenvalue weighted by atomic mass is 16.5. The Balaban J connectivity index is 1.68. The molecule has 0 saturated carbocycles. The molecule has 148 valence electrons. The molecule has 3 aromatic carbocycles. The quantitative estimate of drug-likeness (QED) is 0.463. The average Bonchev–Trinajstić information content (AvgIpc) is 3.23. The Labute approximate surface area is 172 Å². The van der Waals surface area contributed by atoms with E-state index in [1.807, 2.05) is 72.8 Å². The molecule has 2 heterocycles. The van der Waals surface area contributed by atoms with Crippen molar-refractivity contribution in [1.29, 1.82) is 0 Å². The van der Waals surface area contributed by atoms with Gasteiger partial charge in [0.15, 0.2) is 17.3 Å². The number of ether oxygens (including phenoxy) is 2. The van der Waals surface area contributed by atoms with E-state index in [1.54, 1.807) is 18.7 Å². The summed E-state index contributed by atoms with van der Waals surface area (Å²) < 4.78 is 12.4. The topological polar surface area (TPSA) is 73.6 Å². The van der Waals surface area contributed by atoms with E-state index in [0.717, 1.165) is 33.5 Å². The highest BCUT2D eigenvalue weighted by Gasteiger charge is 2.15. The predicted octanol–water partition coefficient (Wildman–Crippen LogP) is 4.71. The van der Waals surface area contributed by atoms with E-state index in [9.17, 15) is 0 Å². The monoisotopic (exact) mass is 397 g/mol. The van der Waals surface area contributed by atoms with Crippen molar-refractivity contribution in [2.45, 2.75) is 0 Å². The van der Waals surface area contributed by atoms with Crippen molar-refractivity contribution in [2.75, 3.05) is 19.5 Å². The van der Waals surface area contributed by atoms with E-state index in [0.29, 0.717) is 17.3 Å². The van der Waals surface area contributed by atoms with Crippen LogP contribution in [-0.2, 0) is 0 Å². The maximum Gasteiger partial charge on any atom is 0.186 e. The first-order valence-electron chi connectivity index (χ1n) is 9.46. The Morgan fingerprint density at radius 1 is 0.767 bits per heavy atom. The summed E-state index contributed by atoms with van der Waals surface area (Å²) in [5, 5.41) is 19.0. The van der Waals surface area contributed by atoms with Gasteiger partial charge in [-0.15, -0.1) is 15.3 Å². The lowest BCUT2D eigenvalue weighted by Crippen LogP contribution is -2.02. The zero-order chi connectivity index (χ0) is 20.5. The summed E-state index contributed by atoms with van der Waals surface area (Å²) in [6.07, 6.45) is 0. The first-order valence-corrected chi connectivity index (χ1v) is 9.46. The molecule has 2 aromatic heterocycles. The van der Waals surface area contributed by atoms with Crippen LogP contribution in [0, 0.1) is 0 Å². The summed E-state index contributed by atoms with van der Waals surface area (Å²) in [6, 6.07) is 23.4. The molecular formula is C23H19N5O2. The molecule has 5 rings (SSSR count). The van der Waals surface area contributed by atoms with Gasteiger partial charge in [0.05, 0.1) is 14.2 Å². The molecule has 0 aliphatic carbocycles. The molecule has 0 spiro atoms. The number of nitrogens with one attached hydrogen (secondary N) is 1. The first-order chi connectivity index (χ1) is 14.8. The Morgan fingerprint density at radius 3 is 2.30 bits per heavy atom. The van der Waals surface area contributed by atoms with Gasteiger partial charge in [0.2, 0.25) is 0 Å². The molecule has 5 aromatic rings. The lowest BCUT2D eigenvalue weighted by atomic mass is 10.1. The Morgan fingerprint density at radius 2 is 1.53 bits per heavy atom. The molecule has 0 saturated heterocycles. The van der Waals surface area contributed by atoms with Crippen molar-refractivity contribution in [3.05, 3.63) is 72.8 Å². The van der Waals surface area contributed by atoms with Crippen molar-refractivity contribution < 1.29 is 9.47 Å². The number of fused-ring (bicyclic) bond motifs is 3. The molecule has 0 atom stereocenters. The highest BCUT2D eigenvalue weighted by molar-refractivity contribution is 6.01. The molecule has 7 nitrogen and oxygen atoms in total. The Bertz CT molecular complexity index is 1350. The molecule has 1 N–H and O–H groups in total. The van der Waals surface area contributed by atoms with Gasteiger partial charge in [0.25, 0.3) is 0 Å². The van der Waals surface area contributed by atoms with Crippen molar-refractivity contribution in [2.24, 2.45) is 0 Å². The summed E-state index contributed by atoms with van der Waals surface area (Å²) in [4.78, 5) is 0. The molecule has 0 bridgehead atoms. The van der Waals surface area contributed by atoms with Gasteiger partial charge in [-0.2, -0.15) is 4.52 Å². The van der Waals surface area contributed by atoms with E-state index in [2.05, 4.69) is 15.5 Å². The van der Waals surface area contributed by atoms with Gasteiger partial charge in [0.1, 0.15) is 11.5 Å². The summed E-state index contributed by atoms with van der Waals surface area (Å²) in [7, 11) is 3.29. The van der Waals surface area contributed by atoms with Gasteiger partial charge in [-0.1, -0.05) is 30.3 Å². The van der Waals surface area contributed by atoms with Crippen LogP contribution in [0.1, 0.15) is 0 Å². The summed E-state index contributed by atoms with van der Waals surface area (Å²) in [6.45, 7) is 0. The van der Waals surface area contributed by atoms with E-state index in [4.69, 9.17) is 14.6 Å². The van der Waals surface area contributed by atoms with Crippen LogP contribution in [-0.4, -0.2) is 34.0 Å². The summed E-state index contributed by atoms with van der Waals surface area (Å²) in [5.74, 6) is 2.92. The van der Waals surface area contributed by atoms with Gasteiger partial charge < -0.3 is 14.8 Å². The predicted molar refractivity (Wildman–Crippen MR) is 117 cm³/mol. The number of rotatable bonds is 5. The molecule has 0 fully saturated rings. The normalized spacial score (nSPS) is 11.0. The van der Waals surface area contributed by atoms with Gasteiger partial charge in [0, 0.05) is 28.1 Å². The fourth-order valence-corrected chi connectivity index (χ4v) is 3.43.